The van der Waals surface area contributed by atoms with Crippen LogP contribution in [0.3, 0.4) is 0 Å². The van der Waals surface area contributed by atoms with E-state index >= 15 is 0 Å². The average Bonchev–Trinajstić information content (AvgIpc) is 3.49. The predicted octanol–water partition coefficient (Wildman–Crippen LogP) is 2.19. The van der Waals surface area contributed by atoms with Crippen LogP contribution in [0.15, 0.2) is 30.3 Å². The summed E-state index contributed by atoms with van der Waals surface area (Å²) in [5.41, 5.74) is 0.187. The summed E-state index contributed by atoms with van der Waals surface area (Å²) >= 11 is 0. The first-order chi connectivity index (χ1) is 11.1. The molecule has 5 nitrogen and oxygen atoms in total. The fraction of sp³-hybridized carbons (Fsp3) is 0.611. The molecule has 0 aromatic heterocycles. The molecule has 1 aliphatic carbocycles. The van der Waals surface area contributed by atoms with Gasteiger partial charge in [0, 0.05) is 7.11 Å². The van der Waals surface area contributed by atoms with Crippen molar-refractivity contribution in [2.45, 2.75) is 43.2 Å². The first kappa shape index (κ1) is 15.1. The first-order valence-electron chi connectivity index (χ1n) is 8.15. The normalized spacial score (nSPS) is 41.6. The van der Waals surface area contributed by atoms with Crippen LogP contribution in [0, 0.1) is 5.92 Å². The van der Waals surface area contributed by atoms with E-state index in [0.29, 0.717) is 12.2 Å². The molecule has 3 fully saturated rings. The van der Waals surface area contributed by atoms with Crippen molar-refractivity contribution in [2.75, 3.05) is 20.3 Å². The molecule has 1 saturated carbocycles. The Balaban J connectivity index is 1.53. The Morgan fingerprint density at radius 3 is 2.48 bits per heavy atom. The van der Waals surface area contributed by atoms with E-state index in [2.05, 4.69) is 6.92 Å². The second-order valence-corrected chi connectivity index (χ2v) is 6.98. The van der Waals surface area contributed by atoms with Crippen LogP contribution in [-0.2, 0) is 18.9 Å². The maximum atomic E-state index is 12.4. The summed E-state index contributed by atoms with van der Waals surface area (Å²) in [6.07, 6.45) is 1.16. The van der Waals surface area contributed by atoms with Gasteiger partial charge < -0.3 is 18.9 Å². The third kappa shape index (κ3) is 2.57. The monoisotopic (exact) mass is 318 g/mol. The fourth-order valence-electron chi connectivity index (χ4n) is 4.03. The van der Waals surface area contributed by atoms with Crippen molar-refractivity contribution in [3.63, 3.8) is 0 Å². The molecule has 2 aliphatic heterocycles. The van der Waals surface area contributed by atoms with Gasteiger partial charge in [-0.2, -0.15) is 0 Å². The summed E-state index contributed by atoms with van der Waals surface area (Å²) in [5, 5.41) is 0. The zero-order chi connectivity index (χ0) is 16.1. The van der Waals surface area contributed by atoms with Gasteiger partial charge in [-0.25, -0.2) is 4.79 Å². The van der Waals surface area contributed by atoms with Crippen molar-refractivity contribution in [2.24, 2.45) is 5.92 Å². The molecular formula is C18H22O5. The first-order valence-corrected chi connectivity index (χ1v) is 8.15. The third-order valence-electron chi connectivity index (χ3n) is 5.43. The second kappa shape index (κ2) is 5.30. The molecule has 1 spiro atoms. The Kier molecular flexibility index (Phi) is 3.48. The van der Waals surface area contributed by atoms with Crippen LogP contribution in [0.2, 0.25) is 0 Å². The van der Waals surface area contributed by atoms with Gasteiger partial charge in [0.1, 0.15) is 17.8 Å². The molecule has 4 rings (SSSR count). The van der Waals surface area contributed by atoms with E-state index in [9.17, 15) is 4.79 Å². The van der Waals surface area contributed by atoms with Gasteiger partial charge in [0.2, 0.25) is 0 Å². The number of hydrogen-bond donors (Lipinski definition) is 0. The van der Waals surface area contributed by atoms with Gasteiger partial charge in [-0.3, -0.25) is 0 Å². The van der Waals surface area contributed by atoms with E-state index in [0.717, 1.165) is 19.4 Å². The lowest BCUT2D eigenvalue weighted by molar-refractivity contribution is -0.120. The van der Waals surface area contributed by atoms with Crippen LogP contribution in [0.25, 0.3) is 0 Å². The van der Waals surface area contributed by atoms with Gasteiger partial charge in [0.15, 0.2) is 0 Å². The summed E-state index contributed by atoms with van der Waals surface area (Å²) in [5.74, 6) is -0.201. The topological polar surface area (TPSA) is 60.6 Å². The molecule has 5 atom stereocenters. The molecule has 0 N–H and O–H groups in total. The maximum Gasteiger partial charge on any atom is 0.338 e. The van der Waals surface area contributed by atoms with Gasteiger partial charge in [-0.05, 0) is 31.9 Å². The molecular weight excluding hydrogens is 296 g/mol. The van der Waals surface area contributed by atoms with E-state index in [1.54, 1.807) is 19.2 Å². The van der Waals surface area contributed by atoms with Crippen molar-refractivity contribution in [3.05, 3.63) is 35.9 Å². The number of ether oxygens (including phenoxy) is 4. The van der Waals surface area contributed by atoms with E-state index in [-0.39, 0.29) is 35.3 Å². The molecule has 0 bridgehead atoms. The minimum absolute atomic E-state index is 0.0994. The smallest absolute Gasteiger partial charge is 0.338 e. The molecule has 5 unspecified atom stereocenters. The molecule has 0 amide bonds. The van der Waals surface area contributed by atoms with E-state index in [1.165, 1.54) is 0 Å². The highest BCUT2D eigenvalue weighted by atomic mass is 16.6. The highest BCUT2D eigenvalue weighted by Gasteiger charge is 2.68. The standard InChI is InChI=1S/C18H22O5/c1-17(10-21-17)15-14(20-2)13(8-9-18(15)11-22-18)23-16(19)12-6-4-3-5-7-12/h3-7,13-15H,8-11H2,1-2H3. The zero-order valence-corrected chi connectivity index (χ0v) is 13.5. The van der Waals surface area contributed by atoms with E-state index in [1.807, 2.05) is 18.2 Å². The SMILES string of the molecule is COC1C(OC(=O)c2ccccc2)CCC2(CO2)C1C1(C)CO1. The Morgan fingerprint density at radius 1 is 1.22 bits per heavy atom. The Labute approximate surface area is 135 Å². The lowest BCUT2D eigenvalue weighted by Gasteiger charge is -2.42. The number of hydrogen-bond acceptors (Lipinski definition) is 5. The number of rotatable bonds is 4. The fourth-order valence-corrected chi connectivity index (χ4v) is 4.03. The lowest BCUT2D eigenvalue weighted by atomic mass is 9.69. The lowest BCUT2D eigenvalue weighted by Crippen LogP contribution is -2.55. The summed E-state index contributed by atoms with van der Waals surface area (Å²) in [7, 11) is 1.67. The van der Waals surface area contributed by atoms with Crippen molar-refractivity contribution in [3.8, 4) is 0 Å². The molecule has 0 radical (unpaired) electrons. The Morgan fingerprint density at radius 2 is 1.91 bits per heavy atom. The minimum atomic E-state index is -0.300. The van der Waals surface area contributed by atoms with Crippen molar-refractivity contribution < 1.29 is 23.7 Å². The third-order valence-corrected chi connectivity index (χ3v) is 5.43. The summed E-state index contributed by atoms with van der Waals surface area (Å²) in [6, 6.07) is 9.08. The molecule has 3 aliphatic rings. The summed E-state index contributed by atoms with van der Waals surface area (Å²) in [6.45, 7) is 3.55. The van der Waals surface area contributed by atoms with Crippen LogP contribution in [0.1, 0.15) is 30.1 Å². The van der Waals surface area contributed by atoms with Gasteiger partial charge in [0.25, 0.3) is 0 Å². The van der Waals surface area contributed by atoms with Crippen LogP contribution >= 0.6 is 0 Å². The second-order valence-electron chi connectivity index (χ2n) is 6.98. The van der Waals surface area contributed by atoms with Crippen molar-refractivity contribution in [1.29, 1.82) is 0 Å². The predicted molar refractivity (Wildman–Crippen MR) is 82.2 cm³/mol. The zero-order valence-electron chi connectivity index (χ0n) is 13.5. The van der Waals surface area contributed by atoms with Crippen LogP contribution in [-0.4, -0.2) is 49.7 Å². The molecule has 23 heavy (non-hydrogen) atoms. The van der Waals surface area contributed by atoms with Crippen molar-refractivity contribution in [1.82, 2.24) is 0 Å². The maximum absolute atomic E-state index is 12.4. The highest BCUT2D eigenvalue weighted by molar-refractivity contribution is 5.89. The Hall–Kier alpha value is -1.43. The van der Waals surface area contributed by atoms with Gasteiger partial charge in [-0.15, -0.1) is 0 Å². The quantitative estimate of drug-likeness (QED) is 0.629. The van der Waals surface area contributed by atoms with Crippen LogP contribution < -0.4 is 0 Å². The minimum Gasteiger partial charge on any atom is -0.456 e. The van der Waals surface area contributed by atoms with Crippen LogP contribution in [0.4, 0.5) is 0 Å². The number of epoxide rings is 2. The van der Waals surface area contributed by atoms with Gasteiger partial charge >= 0.3 is 5.97 Å². The number of carbonyl (C=O) groups excluding carboxylic acids is 1. The summed E-state index contributed by atoms with van der Waals surface area (Å²) < 4.78 is 23.0. The largest absolute Gasteiger partial charge is 0.456 e. The highest BCUT2D eigenvalue weighted by Crippen LogP contribution is 2.56. The number of benzene rings is 1. The van der Waals surface area contributed by atoms with Gasteiger partial charge in [-0.1, -0.05) is 18.2 Å². The molecule has 124 valence electrons. The Bertz CT molecular complexity index is 591. The summed E-state index contributed by atoms with van der Waals surface area (Å²) in [4.78, 5) is 12.4. The van der Waals surface area contributed by atoms with Crippen LogP contribution in [0.5, 0.6) is 0 Å². The number of esters is 1. The van der Waals surface area contributed by atoms with E-state index in [4.69, 9.17) is 18.9 Å². The number of carbonyl (C=O) groups is 1. The van der Waals surface area contributed by atoms with Crippen molar-refractivity contribution >= 4 is 5.97 Å². The molecule has 1 aromatic rings. The molecule has 2 saturated heterocycles. The molecule has 2 heterocycles. The van der Waals surface area contributed by atoms with Gasteiger partial charge in [0.05, 0.1) is 30.3 Å². The van der Waals surface area contributed by atoms with E-state index < -0.39 is 0 Å². The number of methoxy groups -OCH3 is 1. The molecule has 5 heteroatoms. The average molecular weight is 318 g/mol. The molecule has 1 aromatic carbocycles.